The zero-order valence-corrected chi connectivity index (χ0v) is 17.7. The molecule has 4 rings (SSSR count). The maximum absolute atomic E-state index is 6.66. The van der Waals surface area contributed by atoms with Crippen LogP contribution in [0.4, 0.5) is 0 Å². The van der Waals surface area contributed by atoms with Crippen molar-refractivity contribution in [1.82, 2.24) is 19.1 Å². The van der Waals surface area contributed by atoms with Crippen LogP contribution in [-0.4, -0.2) is 46.5 Å². The van der Waals surface area contributed by atoms with Crippen molar-refractivity contribution in [3.05, 3.63) is 97.1 Å². The summed E-state index contributed by atoms with van der Waals surface area (Å²) in [6, 6.07) is 16.2. The number of hydrogen-bond acceptors (Lipinski definition) is 5. The summed E-state index contributed by atoms with van der Waals surface area (Å²) in [5.41, 5.74) is 4.04. The van der Waals surface area contributed by atoms with Crippen molar-refractivity contribution in [2.45, 2.75) is 12.2 Å². The highest BCUT2D eigenvalue weighted by atomic mass is 16.6. The van der Waals surface area contributed by atoms with Gasteiger partial charge < -0.3 is 23.3 Å². The van der Waals surface area contributed by atoms with Gasteiger partial charge in [0.25, 0.3) is 0 Å². The smallest absolute Gasteiger partial charge is 0.109 e. The Hall–Kier alpha value is -3.26. The maximum atomic E-state index is 6.66. The molecule has 0 spiro atoms. The highest BCUT2D eigenvalue weighted by Crippen LogP contribution is 2.33. The molecule has 0 amide bonds. The Morgan fingerprint density at radius 1 is 0.710 bits per heavy atom. The van der Waals surface area contributed by atoms with Gasteiger partial charge in [-0.3, -0.25) is 0 Å². The molecule has 0 saturated carbocycles. The zero-order valence-electron chi connectivity index (χ0n) is 17.7. The van der Waals surface area contributed by atoms with E-state index in [0.29, 0.717) is 13.2 Å². The molecule has 2 heterocycles. The van der Waals surface area contributed by atoms with Crippen LogP contribution in [0.2, 0.25) is 0 Å². The second-order valence-electron chi connectivity index (χ2n) is 7.08. The quantitative estimate of drug-likeness (QED) is 0.387. The van der Waals surface area contributed by atoms with Gasteiger partial charge in [0.15, 0.2) is 0 Å². The first kappa shape index (κ1) is 21.0. The number of methoxy groups -OCH3 is 2. The summed E-state index contributed by atoms with van der Waals surface area (Å²) in [4.78, 5) is 8.37. The van der Waals surface area contributed by atoms with E-state index in [1.165, 1.54) is 0 Å². The lowest BCUT2D eigenvalue weighted by atomic mass is 10.0. The molecule has 2 unspecified atom stereocenters. The fraction of sp³-hybridized carbons (Fsp3) is 0.250. The van der Waals surface area contributed by atoms with Crippen molar-refractivity contribution < 1.29 is 14.2 Å². The average Bonchev–Trinajstić information content (AvgIpc) is 3.53. The van der Waals surface area contributed by atoms with Crippen molar-refractivity contribution in [2.75, 3.05) is 27.4 Å². The van der Waals surface area contributed by atoms with Gasteiger partial charge in [0.1, 0.15) is 12.2 Å². The first-order valence-electron chi connectivity index (χ1n) is 10.1. The van der Waals surface area contributed by atoms with Gasteiger partial charge >= 0.3 is 0 Å². The number of ether oxygens (including phenoxy) is 3. The molecule has 2 atom stereocenters. The van der Waals surface area contributed by atoms with E-state index in [2.05, 4.69) is 22.1 Å². The average molecular weight is 418 g/mol. The van der Waals surface area contributed by atoms with E-state index in [1.807, 2.05) is 57.9 Å². The van der Waals surface area contributed by atoms with E-state index in [9.17, 15) is 0 Å². The maximum Gasteiger partial charge on any atom is 0.109 e. The fourth-order valence-corrected chi connectivity index (χ4v) is 3.70. The fourth-order valence-electron chi connectivity index (χ4n) is 3.70. The second kappa shape index (κ2) is 10.2. The van der Waals surface area contributed by atoms with Crippen LogP contribution in [0.25, 0.3) is 11.4 Å². The van der Waals surface area contributed by atoms with E-state index in [-0.39, 0.29) is 12.2 Å². The molecule has 0 bridgehead atoms. The number of benzene rings is 2. The minimum absolute atomic E-state index is 0.306. The van der Waals surface area contributed by atoms with Crippen LogP contribution in [0, 0.1) is 0 Å². The SMILES string of the molecule is COCC(OC(COC)c1ccccc1-n1ccnc1)c1ccccc1-n1ccnc1. The Morgan fingerprint density at radius 3 is 1.55 bits per heavy atom. The first-order chi connectivity index (χ1) is 15.3. The lowest BCUT2D eigenvalue weighted by Crippen LogP contribution is -2.20. The molecule has 2 aromatic heterocycles. The molecule has 160 valence electrons. The van der Waals surface area contributed by atoms with Crippen molar-refractivity contribution in [3.63, 3.8) is 0 Å². The zero-order chi connectivity index (χ0) is 21.5. The second-order valence-corrected chi connectivity index (χ2v) is 7.08. The third kappa shape index (κ3) is 4.74. The van der Waals surface area contributed by atoms with Gasteiger partial charge in [0.05, 0.1) is 37.2 Å². The third-order valence-corrected chi connectivity index (χ3v) is 5.10. The van der Waals surface area contributed by atoms with Crippen molar-refractivity contribution in [2.24, 2.45) is 0 Å². The van der Waals surface area contributed by atoms with Crippen molar-refractivity contribution in [3.8, 4) is 11.4 Å². The van der Waals surface area contributed by atoms with E-state index >= 15 is 0 Å². The Bertz CT molecular complexity index is 978. The highest BCUT2D eigenvalue weighted by Gasteiger charge is 2.24. The summed E-state index contributed by atoms with van der Waals surface area (Å²) >= 11 is 0. The third-order valence-electron chi connectivity index (χ3n) is 5.10. The summed E-state index contributed by atoms with van der Waals surface area (Å²) in [7, 11) is 3.36. The molecule has 0 radical (unpaired) electrons. The Labute approximate surface area is 181 Å². The Morgan fingerprint density at radius 2 is 1.16 bits per heavy atom. The summed E-state index contributed by atoms with van der Waals surface area (Å²) in [5.74, 6) is 0. The largest absolute Gasteiger partial charge is 0.382 e. The number of rotatable bonds is 10. The number of para-hydroxylation sites is 2. The minimum atomic E-state index is -0.306. The molecule has 7 heteroatoms. The van der Waals surface area contributed by atoms with Gasteiger partial charge in [0.2, 0.25) is 0 Å². The van der Waals surface area contributed by atoms with Crippen LogP contribution >= 0.6 is 0 Å². The van der Waals surface area contributed by atoms with E-state index in [4.69, 9.17) is 14.2 Å². The normalized spacial score (nSPS) is 13.2. The van der Waals surface area contributed by atoms with Gasteiger partial charge in [0, 0.05) is 50.1 Å². The Kier molecular flexibility index (Phi) is 6.89. The highest BCUT2D eigenvalue weighted by molar-refractivity contribution is 5.44. The monoisotopic (exact) mass is 418 g/mol. The lowest BCUT2D eigenvalue weighted by molar-refractivity contribution is -0.0775. The number of hydrogen-bond donors (Lipinski definition) is 0. The summed E-state index contributed by atoms with van der Waals surface area (Å²) < 4.78 is 21.7. The molecule has 0 fully saturated rings. The van der Waals surface area contributed by atoms with Gasteiger partial charge in [-0.2, -0.15) is 0 Å². The molecule has 0 aliphatic rings. The molecule has 2 aromatic carbocycles. The van der Waals surface area contributed by atoms with Crippen LogP contribution in [0.3, 0.4) is 0 Å². The van der Waals surface area contributed by atoms with Crippen LogP contribution in [0.1, 0.15) is 23.3 Å². The van der Waals surface area contributed by atoms with E-state index in [1.54, 1.807) is 39.3 Å². The number of imidazole rings is 2. The van der Waals surface area contributed by atoms with E-state index < -0.39 is 0 Å². The molecule has 4 aromatic rings. The molecule has 0 N–H and O–H groups in total. The topological polar surface area (TPSA) is 63.3 Å². The van der Waals surface area contributed by atoms with Gasteiger partial charge in [-0.05, 0) is 12.1 Å². The molecule has 7 nitrogen and oxygen atoms in total. The van der Waals surface area contributed by atoms with Crippen molar-refractivity contribution in [1.29, 1.82) is 0 Å². The Balaban J connectivity index is 1.71. The molecule has 31 heavy (non-hydrogen) atoms. The van der Waals surface area contributed by atoms with Crippen LogP contribution in [0.5, 0.6) is 0 Å². The lowest BCUT2D eigenvalue weighted by Gasteiger charge is -2.27. The van der Waals surface area contributed by atoms with Crippen molar-refractivity contribution >= 4 is 0 Å². The first-order valence-corrected chi connectivity index (χ1v) is 10.1. The molecule has 0 saturated heterocycles. The molecular weight excluding hydrogens is 392 g/mol. The van der Waals surface area contributed by atoms with Crippen LogP contribution in [-0.2, 0) is 14.2 Å². The number of nitrogens with zero attached hydrogens (tertiary/aromatic N) is 4. The van der Waals surface area contributed by atoms with Gasteiger partial charge in [-0.15, -0.1) is 0 Å². The van der Waals surface area contributed by atoms with Crippen LogP contribution < -0.4 is 0 Å². The summed E-state index contributed by atoms with van der Waals surface area (Å²) in [6.07, 6.45) is 10.3. The molecule has 0 aliphatic carbocycles. The predicted octanol–water partition coefficient (Wildman–Crippen LogP) is 4.15. The summed E-state index contributed by atoms with van der Waals surface area (Å²) in [6.45, 7) is 0.804. The van der Waals surface area contributed by atoms with Crippen LogP contribution in [0.15, 0.2) is 86.0 Å². The molecule has 0 aliphatic heterocycles. The minimum Gasteiger partial charge on any atom is -0.382 e. The predicted molar refractivity (Wildman–Crippen MR) is 117 cm³/mol. The van der Waals surface area contributed by atoms with E-state index in [0.717, 1.165) is 22.5 Å². The molecular formula is C24H26N4O3. The van der Waals surface area contributed by atoms with Gasteiger partial charge in [-0.25, -0.2) is 9.97 Å². The standard InChI is InChI=1S/C24H26N4O3/c1-29-15-23(19-7-3-5-9-21(19)27-13-11-25-17-27)31-24(16-30-2)20-8-4-6-10-22(20)28-14-12-26-18-28/h3-14,17-18,23-24H,15-16H2,1-2H3. The van der Waals surface area contributed by atoms with Gasteiger partial charge in [-0.1, -0.05) is 36.4 Å². The number of aromatic nitrogens is 4. The summed E-state index contributed by atoms with van der Waals surface area (Å²) in [5, 5.41) is 0.